The molecule has 5 heteroatoms. The second kappa shape index (κ2) is 5.27. The van der Waals surface area contributed by atoms with Gasteiger partial charge in [0, 0.05) is 11.9 Å². The Morgan fingerprint density at radius 1 is 1.56 bits per heavy atom. The van der Waals surface area contributed by atoms with E-state index in [2.05, 4.69) is 10.3 Å². The van der Waals surface area contributed by atoms with E-state index in [0.29, 0.717) is 10.7 Å². The summed E-state index contributed by atoms with van der Waals surface area (Å²) >= 11 is 5.68. The van der Waals surface area contributed by atoms with Crippen LogP contribution in [0.2, 0.25) is 5.02 Å². The first-order valence-corrected chi connectivity index (χ1v) is 5.33. The fourth-order valence-corrected chi connectivity index (χ4v) is 1.25. The molecule has 1 rings (SSSR count). The topological polar surface area (TPSA) is 62.2 Å². The predicted octanol–water partition coefficient (Wildman–Crippen LogP) is 1.16. The Bertz CT molecular complexity index is 363. The Morgan fingerprint density at radius 3 is 2.75 bits per heavy atom. The van der Waals surface area contributed by atoms with Gasteiger partial charge in [-0.2, -0.15) is 0 Å². The highest BCUT2D eigenvalue weighted by Crippen LogP contribution is 2.07. The fourth-order valence-electron chi connectivity index (χ4n) is 1.14. The molecule has 0 aliphatic carbocycles. The van der Waals surface area contributed by atoms with Crippen LogP contribution in [0.5, 0.6) is 0 Å². The number of carbonyl (C=O) groups excluding carboxylic acids is 1. The van der Waals surface area contributed by atoms with Crippen LogP contribution < -0.4 is 5.32 Å². The quantitative estimate of drug-likeness (QED) is 0.833. The van der Waals surface area contributed by atoms with E-state index in [0.717, 1.165) is 0 Å². The van der Waals surface area contributed by atoms with E-state index in [4.69, 9.17) is 16.7 Å². The summed E-state index contributed by atoms with van der Waals surface area (Å²) in [5.74, 6) is -0.172. The van der Waals surface area contributed by atoms with Gasteiger partial charge in [-0.3, -0.25) is 9.78 Å². The number of carbonyl (C=O) groups is 1. The lowest BCUT2D eigenvalue weighted by molar-refractivity contribution is -0.122. The molecule has 1 aromatic heterocycles. The van der Waals surface area contributed by atoms with E-state index >= 15 is 0 Å². The van der Waals surface area contributed by atoms with Gasteiger partial charge in [-0.05, 0) is 26.0 Å². The van der Waals surface area contributed by atoms with Gasteiger partial charge in [-0.15, -0.1) is 0 Å². The number of pyridine rings is 1. The van der Waals surface area contributed by atoms with Crippen molar-refractivity contribution >= 4 is 17.5 Å². The van der Waals surface area contributed by atoms with Gasteiger partial charge in [-0.1, -0.05) is 11.6 Å². The molecule has 0 bridgehead atoms. The van der Waals surface area contributed by atoms with Crippen molar-refractivity contribution in [3.63, 3.8) is 0 Å². The maximum atomic E-state index is 11.6. The summed E-state index contributed by atoms with van der Waals surface area (Å²) in [6.07, 6.45) is 1.68. The second-order valence-corrected chi connectivity index (χ2v) is 4.67. The highest BCUT2D eigenvalue weighted by atomic mass is 35.5. The van der Waals surface area contributed by atoms with E-state index in [1.165, 1.54) is 6.20 Å². The number of hydrogen-bond acceptors (Lipinski definition) is 3. The summed E-state index contributed by atoms with van der Waals surface area (Å²) in [5.41, 5.74) is 0.0411. The summed E-state index contributed by atoms with van der Waals surface area (Å²) in [6, 6.07) is 3.39. The van der Waals surface area contributed by atoms with Crippen molar-refractivity contribution in [2.75, 3.05) is 6.61 Å². The Kier molecular flexibility index (Phi) is 4.26. The van der Waals surface area contributed by atoms with Crippen LogP contribution >= 0.6 is 11.6 Å². The molecule has 0 radical (unpaired) electrons. The Balaban J connectivity index is 2.55. The van der Waals surface area contributed by atoms with Crippen molar-refractivity contribution in [3.05, 3.63) is 29.0 Å². The first kappa shape index (κ1) is 12.9. The van der Waals surface area contributed by atoms with Gasteiger partial charge in [0.05, 0.1) is 23.6 Å². The molecule has 0 saturated heterocycles. The zero-order valence-corrected chi connectivity index (χ0v) is 10.1. The number of nitrogens with zero attached hydrogens (tertiary/aromatic N) is 1. The largest absolute Gasteiger partial charge is 0.394 e. The molecule has 0 aromatic carbocycles. The van der Waals surface area contributed by atoms with Crippen LogP contribution in [-0.4, -0.2) is 28.1 Å². The minimum atomic E-state index is -0.608. The number of aliphatic hydroxyl groups is 1. The summed E-state index contributed by atoms with van der Waals surface area (Å²) in [6.45, 7) is 3.40. The van der Waals surface area contributed by atoms with Gasteiger partial charge in [0.25, 0.3) is 0 Å². The molecule has 1 heterocycles. The molecule has 1 amide bonds. The standard InChI is InChI=1S/C11H15ClN2O2/c1-11(2,7-15)14-10(16)5-9-4-3-8(12)6-13-9/h3-4,6,15H,5,7H2,1-2H3,(H,14,16). The average molecular weight is 243 g/mol. The Morgan fingerprint density at radius 2 is 2.25 bits per heavy atom. The summed E-state index contributed by atoms with van der Waals surface area (Å²) < 4.78 is 0. The molecule has 0 unspecified atom stereocenters. The van der Waals surface area contributed by atoms with Crippen LogP contribution in [0.4, 0.5) is 0 Å². The number of amides is 1. The van der Waals surface area contributed by atoms with Gasteiger partial charge in [0.2, 0.25) is 5.91 Å². The van der Waals surface area contributed by atoms with Crippen molar-refractivity contribution in [2.24, 2.45) is 0 Å². The first-order valence-electron chi connectivity index (χ1n) is 4.95. The SMILES string of the molecule is CC(C)(CO)NC(=O)Cc1ccc(Cl)cn1. The lowest BCUT2D eigenvalue weighted by Gasteiger charge is -2.23. The summed E-state index contributed by atoms with van der Waals surface area (Å²) in [4.78, 5) is 15.6. The highest BCUT2D eigenvalue weighted by molar-refractivity contribution is 6.30. The van der Waals surface area contributed by atoms with Gasteiger partial charge < -0.3 is 10.4 Å². The zero-order valence-electron chi connectivity index (χ0n) is 9.33. The van der Waals surface area contributed by atoms with Gasteiger partial charge in [-0.25, -0.2) is 0 Å². The zero-order chi connectivity index (χ0) is 12.2. The van der Waals surface area contributed by atoms with E-state index < -0.39 is 5.54 Å². The minimum Gasteiger partial charge on any atom is -0.394 e. The number of hydrogen-bond donors (Lipinski definition) is 2. The van der Waals surface area contributed by atoms with E-state index in [9.17, 15) is 4.79 Å². The van der Waals surface area contributed by atoms with Crippen molar-refractivity contribution in [1.82, 2.24) is 10.3 Å². The van der Waals surface area contributed by atoms with Gasteiger partial charge in [0.1, 0.15) is 0 Å². The van der Waals surface area contributed by atoms with Crippen LogP contribution in [0.25, 0.3) is 0 Å². The van der Waals surface area contributed by atoms with Gasteiger partial charge in [0.15, 0.2) is 0 Å². The van der Waals surface area contributed by atoms with Crippen LogP contribution in [0.3, 0.4) is 0 Å². The molecule has 0 fully saturated rings. The molecule has 16 heavy (non-hydrogen) atoms. The van der Waals surface area contributed by atoms with Crippen molar-refractivity contribution in [1.29, 1.82) is 0 Å². The van der Waals surface area contributed by atoms with Crippen LogP contribution in [0, 0.1) is 0 Å². The van der Waals surface area contributed by atoms with Crippen molar-refractivity contribution in [2.45, 2.75) is 25.8 Å². The Labute approximate surface area is 99.6 Å². The molecular weight excluding hydrogens is 228 g/mol. The number of halogens is 1. The third-order valence-electron chi connectivity index (χ3n) is 2.00. The van der Waals surface area contributed by atoms with Crippen LogP contribution in [-0.2, 0) is 11.2 Å². The molecule has 0 aliphatic rings. The predicted molar refractivity (Wildman–Crippen MR) is 62.3 cm³/mol. The van der Waals surface area contributed by atoms with Gasteiger partial charge >= 0.3 is 0 Å². The molecule has 0 atom stereocenters. The molecule has 2 N–H and O–H groups in total. The maximum absolute atomic E-state index is 11.6. The third-order valence-corrected chi connectivity index (χ3v) is 2.23. The van der Waals surface area contributed by atoms with E-state index in [1.54, 1.807) is 26.0 Å². The number of rotatable bonds is 4. The minimum absolute atomic E-state index is 0.104. The molecule has 0 aliphatic heterocycles. The van der Waals surface area contributed by atoms with E-state index in [-0.39, 0.29) is 18.9 Å². The van der Waals surface area contributed by atoms with Crippen molar-refractivity contribution < 1.29 is 9.90 Å². The van der Waals surface area contributed by atoms with Crippen LogP contribution in [0.1, 0.15) is 19.5 Å². The smallest absolute Gasteiger partial charge is 0.226 e. The second-order valence-electron chi connectivity index (χ2n) is 4.23. The average Bonchev–Trinajstić information content (AvgIpc) is 2.21. The normalized spacial score (nSPS) is 11.2. The first-order chi connectivity index (χ1) is 7.43. The maximum Gasteiger partial charge on any atom is 0.226 e. The Hall–Kier alpha value is -1.13. The number of aliphatic hydroxyl groups excluding tert-OH is 1. The molecule has 0 saturated carbocycles. The fraction of sp³-hybridized carbons (Fsp3) is 0.455. The molecule has 88 valence electrons. The summed E-state index contributed by atoms with van der Waals surface area (Å²) in [7, 11) is 0. The third kappa shape index (κ3) is 4.16. The molecule has 0 spiro atoms. The van der Waals surface area contributed by atoms with Crippen LogP contribution in [0.15, 0.2) is 18.3 Å². The summed E-state index contributed by atoms with van der Waals surface area (Å²) in [5, 5.41) is 12.2. The number of aromatic nitrogens is 1. The lowest BCUT2D eigenvalue weighted by Crippen LogP contribution is -2.46. The lowest BCUT2D eigenvalue weighted by atomic mass is 10.1. The van der Waals surface area contributed by atoms with E-state index in [1.807, 2.05) is 0 Å². The molecule has 4 nitrogen and oxygen atoms in total. The molecular formula is C11H15ClN2O2. The molecule has 1 aromatic rings. The monoisotopic (exact) mass is 242 g/mol. The highest BCUT2D eigenvalue weighted by Gasteiger charge is 2.19. The van der Waals surface area contributed by atoms with Crippen molar-refractivity contribution in [3.8, 4) is 0 Å². The number of nitrogens with one attached hydrogen (secondary N) is 1.